The lowest BCUT2D eigenvalue weighted by Gasteiger charge is -2.24. The molecule has 2 atom stereocenters. The second kappa shape index (κ2) is 9.36. The number of hydrogen-bond acceptors (Lipinski definition) is 4. The second-order valence-corrected chi connectivity index (χ2v) is 5.50. The van der Waals surface area contributed by atoms with Gasteiger partial charge < -0.3 is 14.3 Å². The van der Waals surface area contributed by atoms with E-state index in [0.29, 0.717) is 19.8 Å². The number of carbonyl (C=O) groups excluding carboxylic acids is 2. The van der Waals surface area contributed by atoms with Crippen LogP contribution >= 0.6 is 0 Å². The van der Waals surface area contributed by atoms with Gasteiger partial charge in [-0.1, -0.05) is 38.1 Å². The molecule has 0 aliphatic rings. The van der Waals surface area contributed by atoms with Crippen LogP contribution in [0.4, 0.5) is 0 Å². The third-order valence-corrected chi connectivity index (χ3v) is 3.60. The molecular formula is C18H26O4. The monoisotopic (exact) mass is 306 g/mol. The van der Waals surface area contributed by atoms with E-state index < -0.39 is 0 Å². The van der Waals surface area contributed by atoms with Gasteiger partial charge in [0.05, 0.1) is 25.0 Å². The maximum Gasteiger partial charge on any atom is 0.313 e. The van der Waals surface area contributed by atoms with Crippen LogP contribution in [0.5, 0.6) is 0 Å². The third kappa shape index (κ3) is 4.67. The van der Waals surface area contributed by atoms with Crippen molar-refractivity contribution in [3.05, 3.63) is 35.4 Å². The lowest BCUT2D eigenvalue weighted by molar-refractivity contribution is -0.146. The molecule has 0 fully saturated rings. The summed E-state index contributed by atoms with van der Waals surface area (Å²) in [6, 6.07) is 7.56. The molecule has 22 heavy (non-hydrogen) atoms. The van der Waals surface area contributed by atoms with Crippen LogP contribution in [-0.2, 0) is 19.1 Å². The first-order chi connectivity index (χ1) is 10.6. The van der Waals surface area contributed by atoms with Gasteiger partial charge in [-0.15, -0.1) is 0 Å². The highest BCUT2D eigenvalue weighted by atomic mass is 16.5. The van der Waals surface area contributed by atoms with Gasteiger partial charge in [-0.3, -0.25) is 4.79 Å². The van der Waals surface area contributed by atoms with Gasteiger partial charge in [-0.25, -0.2) is 0 Å². The van der Waals surface area contributed by atoms with Crippen molar-refractivity contribution in [3.8, 4) is 0 Å². The van der Waals surface area contributed by atoms with Gasteiger partial charge in [-0.2, -0.15) is 0 Å². The molecule has 0 heterocycles. The molecule has 0 aliphatic carbocycles. The number of aldehydes is 1. The van der Waals surface area contributed by atoms with E-state index in [4.69, 9.17) is 9.47 Å². The Morgan fingerprint density at radius 1 is 1.14 bits per heavy atom. The summed E-state index contributed by atoms with van der Waals surface area (Å²) in [5, 5.41) is 0. The SMILES string of the molecule is CCOCC(C=O)c1ccccc1C(C(=O)OCC)C(C)C. The van der Waals surface area contributed by atoms with Crippen molar-refractivity contribution in [1.82, 2.24) is 0 Å². The van der Waals surface area contributed by atoms with Gasteiger partial charge in [0.1, 0.15) is 6.29 Å². The van der Waals surface area contributed by atoms with Crippen molar-refractivity contribution < 1.29 is 19.1 Å². The third-order valence-electron chi connectivity index (χ3n) is 3.60. The molecule has 0 aliphatic heterocycles. The minimum Gasteiger partial charge on any atom is -0.466 e. The smallest absolute Gasteiger partial charge is 0.313 e. The van der Waals surface area contributed by atoms with Crippen molar-refractivity contribution in [2.75, 3.05) is 19.8 Å². The molecule has 0 bridgehead atoms. The molecule has 0 aromatic heterocycles. The predicted octanol–water partition coefficient (Wildman–Crippen LogP) is 3.31. The largest absolute Gasteiger partial charge is 0.466 e. The van der Waals surface area contributed by atoms with Gasteiger partial charge in [0.2, 0.25) is 0 Å². The molecule has 1 rings (SSSR count). The summed E-state index contributed by atoms with van der Waals surface area (Å²) in [6.45, 7) is 8.88. The summed E-state index contributed by atoms with van der Waals surface area (Å²) in [7, 11) is 0. The number of benzene rings is 1. The van der Waals surface area contributed by atoms with Crippen molar-refractivity contribution in [3.63, 3.8) is 0 Å². The van der Waals surface area contributed by atoms with E-state index >= 15 is 0 Å². The van der Waals surface area contributed by atoms with Crippen molar-refractivity contribution in [2.45, 2.75) is 39.5 Å². The van der Waals surface area contributed by atoms with E-state index in [1.807, 2.05) is 45.0 Å². The van der Waals surface area contributed by atoms with Gasteiger partial charge in [0, 0.05) is 6.61 Å². The molecule has 0 saturated carbocycles. The summed E-state index contributed by atoms with van der Waals surface area (Å²) in [6.07, 6.45) is 0.886. The summed E-state index contributed by atoms with van der Waals surface area (Å²) < 4.78 is 10.6. The number of carbonyl (C=O) groups is 2. The summed E-state index contributed by atoms with van der Waals surface area (Å²) in [4.78, 5) is 23.8. The molecule has 2 unspecified atom stereocenters. The van der Waals surface area contributed by atoms with Crippen LogP contribution in [0.1, 0.15) is 50.7 Å². The summed E-state index contributed by atoms with van der Waals surface area (Å²) >= 11 is 0. The van der Waals surface area contributed by atoms with Gasteiger partial charge in [-0.05, 0) is 30.9 Å². The lowest BCUT2D eigenvalue weighted by Crippen LogP contribution is -2.23. The van der Waals surface area contributed by atoms with Crippen LogP contribution < -0.4 is 0 Å². The topological polar surface area (TPSA) is 52.6 Å². The normalized spacial score (nSPS) is 13.7. The lowest BCUT2D eigenvalue weighted by atomic mass is 9.82. The highest BCUT2D eigenvalue weighted by Crippen LogP contribution is 2.32. The average molecular weight is 306 g/mol. The summed E-state index contributed by atoms with van der Waals surface area (Å²) in [5.74, 6) is -0.905. The van der Waals surface area contributed by atoms with Crippen LogP contribution in [0.2, 0.25) is 0 Å². The van der Waals surface area contributed by atoms with Gasteiger partial charge in [0.25, 0.3) is 0 Å². The molecular weight excluding hydrogens is 280 g/mol. The van der Waals surface area contributed by atoms with E-state index in [-0.39, 0.29) is 23.7 Å². The fourth-order valence-electron chi connectivity index (χ4n) is 2.57. The molecule has 0 radical (unpaired) electrons. The highest BCUT2D eigenvalue weighted by molar-refractivity contribution is 5.80. The first kappa shape index (κ1) is 18.4. The van der Waals surface area contributed by atoms with E-state index in [1.54, 1.807) is 6.92 Å². The minimum atomic E-state index is -0.375. The molecule has 122 valence electrons. The highest BCUT2D eigenvalue weighted by Gasteiger charge is 2.29. The van der Waals surface area contributed by atoms with E-state index in [1.165, 1.54) is 0 Å². The molecule has 4 heteroatoms. The Morgan fingerprint density at radius 2 is 1.77 bits per heavy atom. The minimum absolute atomic E-state index is 0.0830. The standard InChI is InChI=1S/C18H26O4/c1-5-21-12-14(11-19)15-9-7-8-10-16(15)17(13(3)4)18(20)22-6-2/h7-11,13-14,17H,5-6,12H2,1-4H3. The molecule has 0 amide bonds. The number of hydrogen-bond donors (Lipinski definition) is 0. The fourth-order valence-corrected chi connectivity index (χ4v) is 2.57. The Balaban J connectivity index is 3.21. The Labute approximate surface area is 132 Å². The van der Waals surface area contributed by atoms with Gasteiger partial charge >= 0.3 is 5.97 Å². The molecule has 1 aromatic carbocycles. The maximum absolute atomic E-state index is 12.3. The van der Waals surface area contributed by atoms with Crippen molar-refractivity contribution >= 4 is 12.3 Å². The van der Waals surface area contributed by atoms with Crippen LogP contribution in [-0.4, -0.2) is 32.1 Å². The number of ether oxygens (including phenoxy) is 2. The number of esters is 1. The molecule has 1 aromatic rings. The van der Waals surface area contributed by atoms with E-state index in [2.05, 4.69) is 0 Å². The van der Waals surface area contributed by atoms with Crippen molar-refractivity contribution in [2.24, 2.45) is 5.92 Å². The zero-order valence-corrected chi connectivity index (χ0v) is 13.9. The predicted molar refractivity (Wildman–Crippen MR) is 86.0 cm³/mol. The van der Waals surface area contributed by atoms with E-state index in [0.717, 1.165) is 17.4 Å². The number of rotatable bonds is 9. The van der Waals surface area contributed by atoms with E-state index in [9.17, 15) is 9.59 Å². The molecule has 0 saturated heterocycles. The Bertz CT molecular complexity index is 482. The van der Waals surface area contributed by atoms with Gasteiger partial charge in [0.15, 0.2) is 0 Å². The van der Waals surface area contributed by atoms with Crippen LogP contribution in [0.25, 0.3) is 0 Å². The zero-order valence-electron chi connectivity index (χ0n) is 13.9. The molecule has 4 nitrogen and oxygen atoms in total. The Morgan fingerprint density at radius 3 is 2.27 bits per heavy atom. The zero-order chi connectivity index (χ0) is 16.5. The summed E-state index contributed by atoms with van der Waals surface area (Å²) in [5.41, 5.74) is 1.70. The van der Waals surface area contributed by atoms with Crippen LogP contribution in [0, 0.1) is 5.92 Å². The first-order valence-corrected chi connectivity index (χ1v) is 7.85. The first-order valence-electron chi connectivity index (χ1n) is 7.85. The molecule has 0 N–H and O–H groups in total. The molecule has 0 spiro atoms. The average Bonchev–Trinajstić information content (AvgIpc) is 2.49. The van der Waals surface area contributed by atoms with Crippen LogP contribution in [0.15, 0.2) is 24.3 Å². The Hall–Kier alpha value is -1.68. The Kier molecular flexibility index (Phi) is 7.82. The quantitative estimate of drug-likeness (QED) is 0.519. The van der Waals surface area contributed by atoms with Crippen LogP contribution in [0.3, 0.4) is 0 Å². The fraction of sp³-hybridized carbons (Fsp3) is 0.556. The van der Waals surface area contributed by atoms with Crippen molar-refractivity contribution in [1.29, 1.82) is 0 Å². The second-order valence-electron chi connectivity index (χ2n) is 5.50. The maximum atomic E-state index is 12.3.